The van der Waals surface area contributed by atoms with Gasteiger partial charge < -0.3 is 20.4 Å². The molecular formula is C22H21F3N4O2. The number of nitrogens with one attached hydrogen (secondary N) is 2. The molecular weight excluding hydrogens is 409 g/mol. The van der Waals surface area contributed by atoms with Crippen LogP contribution in [0.5, 0.6) is 0 Å². The first-order chi connectivity index (χ1) is 14.7. The van der Waals surface area contributed by atoms with E-state index in [1.807, 2.05) is 0 Å². The molecule has 0 spiro atoms. The molecule has 1 fully saturated rings. The zero-order valence-electron chi connectivity index (χ0n) is 16.8. The highest BCUT2D eigenvalue weighted by molar-refractivity contribution is 6.31. The van der Waals surface area contributed by atoms with Crippen LogP contribution >= 0.6 is 0 Å². The van der Waals surface area contributed by atoms with Crippen molar-refractivity contribution in [3.05, 3.63) is 59.8 Å². The van der Waals surface area contributed by atoms with Crippen LogP contribution in [-0.4, -0.2) is 42.9 Å². The fraction of sp³-hybridized carbons (Fsp3) is 0.273. The van der Waals surface area contributed by atoms with Crippen molar-refractivity contribution >= 4 is 34.4 Å². The molecule has 2 aromatic carbocycles. The number of amides is 2. The maximum atomic E-state index is 13.8. The molecule has 2 aliphatic heterocycles. The Morgan fingerprint density at radius 1 is 1.10 bits per heavy atom. The van der Waals surface area contributed by atoms with Crippen molar-refractivity contribution in [1.82, 2.24) is 4.90 Å². The van der Waals surface area contributed by atoms with Gasteiger partial charge in [0.2, 0.25) is 5.91 Å². The minimum absolute atomic E-state index is 0.0814. The molecule has 4 rings (SSSR count). The average molecular weight is 430 g/mol. The van der Waals surface area contributed by atoms with E-state index >= 15 is 0 Å². The van der Waals surface area contributed by atoms with Gasteiger partial charge in [0, 0.05) is 61.9 Å². The second-order valence-corrected chi connectivity index (χ2v) is 7.42. The SMILES string of the molecule is CC(=O)N1CCN(c2ccc(N/C=C3/C(=O)Nc4ccccc43)cc2C(F)(F)F)CC1. The van der Waals surface area contributed by atoms with E-state index in [2.05, 4.69) is 10.6 Å². The topological polar surface area (TPSA) is 64.7 Å². The molecule has 0 aliphatic carbocycles. The maximum Gasteiger partial charge on any atom is 0.418 e. The summed E-state index contributed by atoms with van der Waals surface area (Å²) in [4.78, 5) is 26.9. The molecule has 0 unspecified atom stereocenters. The van der Waals surface area contributed by atoms with Gasteiger partial charge in [0.15, 0.2) is 0 Å². The van der Waals surface area contributed by atoms with Gasteiger partial charge in [-0.15, -0.1) is 0 Å². The third-order valence-electron chi connectivity index (χ3n) is 5.46. The summed E-state index contributed by atoms with van der Waals surface area (Å²) in [7, 11) is 0. The minimum atomic E-state index is -4.55. The summed E-state index contributed by atoms with van der Waals surface area (Å²) in [6.07, 6.45) is -3.13. The van der Waals surface area contributed by atoms with E-state index in [4.69, 9.17) is 0 Å². The Labute approximate surface area is 177 Å². The number of nitrogens with zero attached hydrogens (tertiary/aromatic N) is 2. The lowest BCUT2D eigenvalue weighted by atomic mass is 10.1. The largest absolute Gasteiger partial charge is 0.418 e. The van der Waals surface area contributed by atoms with Crippen LogP contribution < -0.4 is 15.5 Å². The Balaban J connectivity index is 1.58. The Kier molecular flexibility index (Phi) is 5.34. The van der Waals surface area contributed by atoms with Gasteiger partial charge in [0.25, 0.3) is 5.91 Å². The summed E-state index contributed by atoms with van der Waals surface area (Å²) in [5, 5.41) is 5.55. The van der Waals surface area contributed by atoms with Crippen molar-refractivity contribution in [1.29, 1.82) is 0 Å². The summed E-state index contributed by atoms with van der Waals surface area (Å²) in [6, 6.07) is 11.1. The van der Waals surface area contributed by atoms with Gasteiger partial charge in [-0.05, 0) is 24.3 Å². The van der Waals surface area contributed by atoms with Crippen molar-refractivity contribution in [3.63, 3.8) is 0 Å². The molecule has 0 atom stereocenters. The fourth-order valence-corrected chi connectivity index (χ4v) is 3.83. The molecule has 2 heterocycles. The van der Waals surface area contributed by atoms with Crippen molar-refractivity contribution in [3.8, 4) is 0 Å². The van der Waals surface area contributed by atoms with Crippen molar-refractivity contribution in [2.24, 2.45) is 0 Å². The third-order valence-corrected chi connectivity index (χ3v) is 5.46. The molecule has 162 valence electrons. The predicted octanol–water partition coefficient (Wildman–Crippen LogP) is 3.78. The average Bonchev–Trinajstić information content (AvgIpc) is 3.06. The number of halogens is 3. The van der Waals surface area contributed by atoms with Gasteiger partial charge in [0.05, 0.1) is 11.1 Å². The number of carbonyl (C=O) groups excluding carboxylic acids is 2. The van der Waals surface area contributed by atoms with Gasteiger partial charge in [0.1, 0.15) is 0 Å². The fourth-order valence-electron chi connectivity index (χ4n) is 3.83. The second kappa shape index (κ2) is 7.98. The van der Waals surface area contributed by atoms with Gasteiger partial charge >= 0.3 is 6.18 Å². The van der Waals surface area contributed by atoms with Crippen molar-refractivity contribution in [2.75, 3.05) is 41.7 Å². The van der Waals surface area contributed by atoms with Crippen molar-refractivity contribution < 1.29 is 22.8 Å². The van der Waals surface area contributed by atoms with Crippen LogP contribution in [0.4, 0.5) is 30.2 Å². The number of hydrogen-bond donors (Lipinski definition) is 2. The standard InChI is InChI=1S/C22H21F3N4O2/c1-14(30)28-8-10-29(11-9-28)20-7-6-15(12-18(20)22(23,24)25)26-13-17-16-4-2-3-5-19(16)27-21(17)31/h2-7,12-13,26H,8-11H2,1H3,(H,27,31)/b17-13+. The van der Waals surface area contributed by atoms with E-state index in [0.717, 1.165) is 6.07 Å². The number of benzene rings is 2. The molecule has 2 aliphatic rings. The van der Waals surface area contributed by atoms with Gasteiger partial charge in [-0.3, -0.25) is 9.59 Å². The lowest BCUT2D eigenvalue weighted by Crippen LogP contribution is -2.48. The number of alkyl halides is 3. The Morgan fingerprint density at radius 3 is 2.48 bits per heavy atom. The number of rotatable bonds is 3. The number of anilines is 3. The summed E-state index contributed by atoms with van der Waals surface area (Å²) in [5.74, 6) is -0.398. The first-order valence-electron chi connectivity index (χ1n) is 9.83. The van der Waals surface area contributed by atoms with Crippen molar-refractivity contribution in [2.45, 2.75) is 13.1 Å². The molecule has 31 heavy (non-hydrogen) atoms. The van der Waals surface area contributed by atoms with Crippen LogP contribution in [0.3, 0.4) is 0 Å². The molecule has 9 heteroatoms. The molecule has 0 aromatic heterocycles. The smallest absolute Gasteiger partial charge is 0.367 e. The zero-order valence-corrected chi connectivity index (χ0v) is 16.8. The van der Waals surface area contributed by atoms with Crippen LogP contribution in [0.25, 0.3) is 5.57 Å². The van der Waals surface area contributed by atoms with Gasteiger partial charge in [-0.25, -0.2) is 0 Å². The van der Waals surface area contributed by atoms with Crippen LogP contribution in [0.15, 0.2) is 48.7 Å². The van der Waals surface area contributed by atoms with Crippen LogP contribution in [0.1, 0.15) is 18.1 Å². The second-order valence-electron chi connectivity index (χ2n) is 7.42. The number of piperazine rings is 1. The predicted molar refractivity (Wildman–Crippen MR) is 113 cm³/mol. The van der Waals surface area contributed by atoms with E-state index in [9.17, 15) is 22.8 Å². The minimum Gasteiger partial charge on any atom is -0.367 e. The van der Waals surface area contributed by atoms with Crippen LogP contribution in [-0.2, 0) is 15.8 Å². The normalized spacial score (nSPS) is 17.5. The Morgan fingerprint density at radius 2 is 1.81 bits per heavy atom. The lowest BCUT2D eigenvalue weighted by molar-refractivity contribution is -0.137. The maximum absolute atomic E-state index is 13.8. The van der Waals surface area contributed by atoms with Gasteiger partial charge in [-0.1, -0.05) is 18.2 Å². The van der Waals surface area contributed by atoms with Crippen LogP contribution in [0, 0.1) is 0 Å². The zero-order chi connectivity index (χ0) is 22.2. The first-order valence-corrected chi connectivity index (χ1v) is 9.83. The Hall–Kier alpha value is -3.49. The van der Waals surface area contributed by atoms with E-state index in [1.54, 1.807) is 40.1 Å². The molecule has 0 radical (unpaired) electrons. The molecule has 1 saturated heterocycles. The highest BCUT2D eigenvalue weighted by atomic mass is 19.4. The monoisotopic (exact) mass is 430 g/mol. The lowest BCUT2D eigenvalue weighted by Gasteiger charge is -2.36. The summed E-state index contributed by atoms with van der Waals surface area (Å²) >= 11 is 0. The number of para-hydroxylation sites is 1. The number of carbonyl (C=O) groups is 2. The van der Waals surface area contributed by atoms with E-state index < -0.39 is 11.7 Å². The van der Waals surface area contributed by atoms with E-state index in [-0.39, 0.29) is 23.2 Å². The molecule has 2 aromatic rings. The molecule has 0 bridgehead atoms. The molecule has 6 nitrogen and oxygen atoms in total. The van der Waals surface area contributed by atoms with Crippen LogP contribution in [0.2, 0.25) is 0 Å². The Bertz CT molecular complexity index is 1060. The van der Waals surface area contributed by atoms with E-state index in [1.165, 1.54) is 19.2 Å². The number of hydrogen-bond acceptors (Lipinski definition) is 4. The summed E-state index contributed by atoms with van der Waals surface area (Å²) in [5.41, 5.74) is 1.26. The highest BCUT2D eigenvalue weighted by Gasteiger charge is 2.36. The summed E-state index contributed by atoms with van der Waals surface area (Å²) < 4.78 is 41.4. The molecule has 0 saturated carbocycles. The third kappa shape index (κ3) is 4.21. The molecule has 2 N–H and O–H groups in total. The summed E-state index contributed by atoms with van der Waals surface area (Å²) in [6.45, 7) is 2.88. The first kappa shape index (κ1) is 20.8. The van der Waals surface area contributed by atoms with Gasteiger partial charge in [-0.2, -0.15) is 13.2 Å². The molecule has 2 amide bonds. The highest BCUT2D eigenvalue weighted by Crippen LogP contribution is 2.39. The quantitative estimate of drug-likeness (QED) is 0.728. The van der Waals surface area contributed by atoms with E-state index in [0.29, 0.717) is 43.0 Å². The number of fused-ring (bicyclic) bond motifs is 1.